The van der Waals surface area contributed by atoms with Crippen LogP contribution in [-0.2, 0) is 16.0 Å². The molecule has 0 radical (unpaired) electrons. The van der Waals surface area contributed by atoms with Crippen molar-refractivity contribution in [2.45, 2.75) is 32.6 Å². The van der Waals surface area contributed by atoms with Crippen molar-refractivity contribution in [2.24, 2.45) is 5.41 Å². The van der Waals surface area contributed by atoms with Crippen molar-refractivity contribution < 1.29 is 19.4 Å². The van der Waals surface area contributed by atoms with E-state index in [9.17, 15) is 9.59 Å². The molecular formula is C17H20O4. The molecule has 21 heavy (non-hydrogen) atoms. The molecule has 0 aliphatic heterocycles. The lowest BCUT2D eigenvalue weighted by Gasteiger charge is -2.38. The molecule has 1 aromatic rings. The second kappa shape index (κ2) is 5.72. The van der Waals surface area contributed by atoms with Crippen LogP contribution in [0.2, 0.25) is 0 Å². The van der Waals surface area contributed by atoms with Gasteiger partial charge in [-0.25, -0.2) is 4.79 Å². The summed E-state index contributed by atoms with van der Waals surface area (Å²) in [6.07, 6.45) is 2.89. The fourth-order valence-corrected chi connectivity index (χ4v) is 2.91. The standard InChI is InChI=1S/C17H20O4/c1-4-9-21-16(20)17(3)8-7-12-10-13(15(18)19)5-6-14(12)11(17)2/h4-6,10-11H,1,7-9H2,2-3H3,(H,18,19). The van der Waals surface area contributed by atoms with Crippen LogP contribution in [0.25, 0.3) is 0 Å². The Bertz CT molecular complexity index is 590. The zero-order valence-corrected chi connectivity index (χ0v) is 12.4. The maximum atomic E-state index is 12.3. The van der Waals surface area contributed by atoms with E-state index in [1.807, 2.05) is 19.9 Å². The van der Waals surface area contributed by atoms with E-state index in [2.05, 4.69) is 6.58 Å². The van der Waals surface area contributed by atoms with Gasteiger partial charge in [0.1, 0.15) is 6.61 Å². The van der Waals surface area contributed by atoms with Gasteiger partial charge < -0.3 is 9.84 Å². The van der Waals surface area contributed by atoms with Gasteiger partial charge in [-0.2, -0.15) is 0 Å². The minimum atomic E-state index is -0.927. The van der Waals surface area contributed by atoms with E-state index in [1.165, 1.54) is 0 Å². The Kier molecular flexibility index (Phi) is 4.16. The molecule has 1 aromatic carbocycles. The molecule has 0 spiro atoms. The van der Waals surface area contributed by atoms with Crippen LogP contribution in [0.5, 0.6) is 0 Å². The largest absolute Gasteiger partial charge is 0.478 e. The van der Waals surface area contributed by atoms with E-state index in [0.29, 0.717) is 18.4 Å². The number of esters is 1. The van der Waals surface area contributed by atoms with Crippen molar-refractivity contribution >= 4 is 11.9 Å². The number of benzene rings is 1. The van der Waals surface area contributed by atoms with Crippen LogP contribution >= 0.6 is 0 Å². The molecule has 0 amide bonds. The number of carboxylic acids is 1. The molecule has 4 nitrogen and oxygen atoms in total. The highest BCUT2D eigenvalue weighted by Crippen LogP contribution is 2.46. The summed E-state index contributed by atoms with van der Waals surface area (Å²) < 4.78 is 5.23. The Balaban J connectivity index is 2.31. The number of ether oxygens (including phenoxy) is 1. The van der Waals surface area contributed by atoms with Crippen molar-refractivity contribution in [3.8, 4) is 0 Å². The summed E-state index contributed by atoms with van der Waals surface area (Å²) in [4.78, 5) is 23.3. The molecule has 4 heteroatoms. The van der Waals surface area contributed by atoms with Crippen LogP contribution in [0.1, 0.15) is 47.7 Å². The summed E-state index contributed by atoms with van der Waals surface area (Å²) in [5.74, 6) is -1.16. The van der Waals surface area contributed by atoms with Gasteiger partial charge in [-0.1, -0.05) is 25.6 Å². The molecule has 2 rings (SSSR count). The normalized spacial score (nSPS) is 24.0. The first-order valence-electron chi connectivity index (χ1n) is 7.04. The topological polar surface area (TPSA) is 63.6 Å². The molecule has 1 aliphatic carbocycles. The van der Waals surface area contributed by atoms with Crippen LogP contribution < -0.4 is 0 Å². The van der Waals surface area contributed by atoms with Crippen molar-refractivity contribution in [1.29, 1.82) is 0 Å². The molecule has 112 valence electrons. The van der Waals surface area contributed by atoms with Crippen LogP contribution in [0.15, 0.2) is 30.9 Å². The smallest absolute Gasteiger partial charge is 0.335 e. The van der Waals surface area contributed by atoms with Gasteiger partial charge in [0.15, 0.2) is 0 Å². The molecule has 0 saturated heterocycles. The Morgan fingerprint density at radius 2 is 2.24 bits per heavy atom. The Morgan fingerprint density at radius 3 is 2.86 bits per heavy atom. The highest BCUT2D eigenvalue weighted by Gasteiger charge is 2.44. The predicted octanol–water partition coefficient (Wildman–Crippen LogP) is 3.17. The third-order valence-corrected chi connectivity index (χ3v) is 4.52. The van der Waals surface area contributed by atoms with Crippen LogP contribution in [0.3, 0.4) is 0 Å². The molecule has 0 heterocycles. The summed E-state index contributed by atoms with van der Waals surface area (Å²) in [5.41, 5.74) is 1.75. The molecule has 1 aliphatic rings. The van der Waals surface area contributed by atoms with E-state index in [-0.39, 0.29) is 18.5 Å². The predicted molar refractivity (Wildman–Crippen MR) is 79.4 cm³/mol. The minimum absolute atomic E-state index is 0.0126. The zero-order valence-electron chi connectivity index (χ0n) is 12.4. The molecule has 2 atom stereocenters. The first-order valence-corrected chi connectivity index (χ1v) is 7.04. The average molecular weight is 288 g/mol. The van der Waals surface area contributed by atoms with Crippen molar-refractivity contribution in [3.63, 3.8) is 0 Å². The second-order valence-electron chi connectivity index (χ2n) is 5.75. The number of hydrogen-bond acceptors (Lipinski definition) is 3. The van der Waals surface area contributed by atoms with Crippen LogP contribution in [0.4, 0.5) is 0 Å². The fraction of sp³-hybridized carbons (Fsp3) is 0.412. The van der Waals surface area contributed by atoms with Crippen LogP contribution in [0, 0.1) is 5.41 Å². The number of aryl methyl sites for hydroxylation is 1. The summed E-state index contributed by atoms with van der Waals surface area (Å²) in [7, 11) is 0. The van der Waals surface area contributed by atoms with Gasteiger partial charge in [-0.3, -0.25) is 4.79 Å². The Labute approximate surface area is 124 Å². The van der Waals surface area contributed by atoms with Gasteiger partial charge >= 0.3 is 11.9 Å². The maximum absolute atomic E-state index is 12.3. The molecule has 1 N–H and O–H groups in total. The highest BCUT2D eigenvalue weighted by atomic mass is 16.5. The lowest BCUT2D eigenvalue weighted by Crippen LogP contribution is -2.38. The first kappa shape index (κ1) is 15.3. The number of rotatable bonds is 4. The van der Waals surface area contributed by atoms with Gasteiger partial charge in [0.05, 0.1) is 11.0 Å². The second-order valence-corrected chi connectivity index (χ2v) is 5.75. The summed E-state index contributed by atoms with van der Waals surface area (Å²) in [6, 6.07) is 5.13. The van der Waals surface area contributed by atoms with E-state index < -0.39 is 11.4 Å². The highest BCUT2D eigenvalue weighted by molar-refractivity contribution is 5.88. The number of aromatic carboxylic acids is 1. The third kappa shape index (κ3) is 2.71. The fourth-order valence-electron chi connectivity index (χ4n) is 2.91. The summed E-state index contributed by atoms with van der Waals surface area (Å²) in [5, 5.41) is 9.06. The maximum Gasteiger partial charge on any atom is 0.335 e. The number of carboxylic acid groups (broad SMARTS) is 1. The number of hydrogen-bond donors (Lipinski definition) is 1. The number of fused-ring (bicyclic) bond motifs is 1. The minimum Gasteiger partial charge on any atom is -0.478 e. The Hall–Kier alpha value is -2.10. The lowest BCUT2D eigenvalue weighted by atomic mass is 9.65. The van der Waals surface area contributed by atoms with E-state index in [4.69, 9.17) is 9.84 Å². The average Bonchev–Trinajstić information content (AvgIpc) is 2.48. The zero-order chi connectivity index (χ0) is 15.6. The van der Waals surface area contributed by atoms with Crippen LogP contribution in [-0.4, -0.2) is 23.7 Å². The molecule has 0 aromatic heterocycles. The molecule has 2 unspecified atom stereocenters. The lowest BCUT2D eigenvalue weighted by molar-refractivity contribution is -0.155. The van der Waals surface area contributed by atoms with E-state index >= 15 is 0 Å². The first-order chi connectivity index (χ1) is 9.90. The molecule has 0 fully saturated rings. The Morgan fingerprint density at radius 1 is 1.52 bits per heavy atom. The van der Waals surface area contributed by atoms with Crippen molar-refractivity contribution in [1.82, 2.24) is 0 Å². The number of carbonyl (C=O) groups is 2. The van der Waals surface area contributed by atoms with Gasteiger partial charge in [-0.05, 0) is 48.9 Å². The van der Waals surface area contributed by atoms with Gasteiger partial charge in [0.2, 0.25) is 0 Å². The summed E-state index contributed by atoms with van der Waals surface area (Å²) >= 11 is 0. The van der Waals surface area contributed by atoms with Crippen molar-refractivity contribution in [2.75, 3.05) is 6.61 Å². The van der Waals surface area contributed by atoms with E-state index in [1.54, 1.807) is 18.2 Å². The van der Waals surface area contributed by atoms with Gasteiger partial charge in [0.25, 0.3) is 0 Å². The SMILES string of the molecule is C=CCOC(=O)C1(C)CCc2cc(C(=O)O)ccc2C1C. The monoisotopic (exact) mass is 288 g/mol. The van der Waals surface area contributed by atoms with Crippen molar-refractivity contribution in [3.05, 3.63) is 47.5 Å². The molecular weight excluding hydrogens is 268 g/mol. The van der Waals surface area contributed by atoms with Gasteiger partial charge in [0, 0.05) is 0 Å². The van der Waals surface area contributed by atoms with E-state index in [0.717, 1.165) is 11.1 Å². The third-order valence-electron chi connectivity index (χ3n) is 4.52. The number of carbonyl (C=O) groups excluding carboxylic acids is 1. The quantitative estimate of drug-likeness (QED) is 0.682. The molecule has 0 saturated carbocycles. The molecule has 0 bridgehead atoms. The summed E-state index contributed by atoms with van der Waals surface area (Å²) in [6.45, 7) is 7.67. The van der Waals surface area contributed by atoms with Gasteiger partial charge in [-0.15, -0.1) is 0 Å².